The number of hydrogen-bond donors (Lipinski definition) is 1. The molecule has 1 N–H and O–H groups in total. The van der Waals surface area contributed by atoms with E-state index >= 15 is 0 Å². The Bertz CT molecular complexity index is 543. The lowest BCUT2D eigenvalue weighted by Crippen LogP contribution is -2.11. The standard InChI is InChI=1S/C17H20ClNO2/c1-2-11-20-16-6-8-17(9-7-16)21-12-10-19-15-5-3-4-14(18)13-15/h3-9,13,19H,2,10-12H2,1H3. The summed E-state index contributed by atoms with van der Waals surface area (Å²) in [5.74, 6) is 1.72. The average Bonchev–Trinajstić information content (AvgIpc) is 2.51. The van der Waals surface area contributed by atoms with Crippen LogP contribution in [0.2, 0.25) is 5.02 Å². The molecular formula is C17H20ClNO2. The van der Waals surface area contributed by atoms with Crippen LogP contribution in [0.5, 0.6) is 11.5 Å². The van der Waals surface area contributed by atoms with Gasteiger partial charge in [-0.15, -0.1) is 0 Å². The van der Waals surface area contributed by atoms with Gasteiger partial charge in [0.05, 0.1) is 6.61 Å². The highest BCUT2D eigenvalue weighted by molar-refractivity contribution is 6.30. The summed E-state index contributed by atoms with van der Waals surface area (Å²) in [7, 11) is 0. The van der Waals surface area contributed by atoms with Crippen LogP contribution in [0.15, 0.2) is 48.5 Å². The highest BCUT2D eigenvalue weighted by Gasteiger charge is 1.97. The summed E-state index contributed by atoms with van der Waals surface area (Å²) in [5, 5.41) is 3.99. The molecule has 0 unspecified atom stereocenters. The van der Waals surface area contributed by atoms with E-state index in [0.717, 1.165) is 35.2 Å². The fourth-order valence-electron chi connectivity index (χ4n) is 1.81. The van der Waals surface area contributed by atoms with Crippen molar-refractivity contribution in [3.05, 3.63) is 53.6 Å². The molecule has 0 saturated heterocycles. The first kappa shape index (κ1) is 15.5. The number of halogens is 1. The van der Waals surface area contributed by atoms with Crippen LogP contribution < -0.4 is 14.8 Å². The molecule has 0 saturated carbocycles. The number of anilines is 1. The Morgan fingerprint density at radius 1 is 0.952 bits per heavy atom. The summed E-state index contributed by atoms with van der Waals surface area (Å²) in [6.45, 7) is 4.13. The van der Waals surface area contributed by atoms with Crippen LogP contribution in [-0.4, -0.2) is 19.8 Å². The molecule has 0 radical (unpaired) electrons. The monoisotopic (exact) mass is 305 g/mol. The van der Waals surface area contributed by atoms with Crippen molar-refractivity contribution in [3.8, 4) is 11.5 Å². The molecule has 21 heavy (non-hydrogen) atoms. The van der Waals surface area contributed by atoms with E-state index < -0.39 is 0 Å². The van der Waals surface area contributed by atoms with E-state index in [9.17, 15) is 0 Å². The zero-order valence-electron chi connectivity index (χ0n) is 12.1. The summed E-state index contributed by atoms with van der Waals surface area (Å²) < 4.78 is 11.2. The molecule has 0 aliphatic carbocycles. The Morgan fingerprint density at radius 3 is 2.24 bits per heavy atom. The molecule has 0 fully saturated rings. The van der Waals surface area contributed by atoms with Gasteiger partial charge in [0, 0.05) is 17.3 Å². The van der Waals surface area contributed by atoms with Crippen LogP contribution >= 0.6 is 11.6 Å². The van der Waals surface area contributed by atoms with Gasteiger partial charge in [0.2, 0.25) is 0 Å². The Morgan fingerprint density at radius 2 is 1.62 bits per heavy atom. The zero-order chi connectivity index (χ0) is 14.9. The van der Waals surface area contributed by atoms with Crippen molar-refractivity contribution in [2.45, 2.75) is 13.3 Å². The highest BCUT2D eigenvalue weighted by Crippen LogP contribution is 2.18. The summed E-state index contributed by atoms with van der Waals surface area (Å²) >= 11 is 5.92. The van der Waals surface area contributed by atoms with Crippen molar-refractivity contribution in [2.75, 3.05) is 25.1 Å². The van der Waals surface area contributed by atoms with E-state index in [1.54, 1.807) is 0 Å². The lowest BCUT2D eigenvalue weighted by atomic mass is 10.3. The molecule has 2 aromatic rings. The van der Waals surface area contributed by atoms with Crippen LogP contribution in [0.3, 0.4) is 0 Å². The minimum Gasteiger partial charge on any atom is -0.494 e. The normalized spacial score (nSPS) is 10.2. The number of benzene rings is 2. The van der Waals surface area contributed by atoms with Gasteiger partial charge in [0.25, 0.3) is 0 Å². The maximum absolute atomic E-state index is 5.92. The smallest absolute Gasteiger partial charge is 0.119 e. The predicted molar refractivity (Wildman–Crippen MR) is 87.7 cm³/mol. The molecule has 0 heterocycles. The van der Waals surface area contributed by atoms with Gasteiger partial charge in [0.1, 0.15) is 18.1 Å². The topological polar surface area (TPSA) is 30.5 Å². The largest absolute Gasteiger partial charge is 0.494 e. The summed E-state index contributed by atoms with van der Waals surface area (Å²) in [4.78, 5) is 0. The van der Waals surface area contributed by atoms with Crippen LogP contribution in [0.4, 0.5) is 5.69 Å². The van der Waals surface area contributed by atoms with Crippen LogP contribution in [0, 0.1) is 0 Å². The third-order valence-electron chi connectivity index (χ3n) is 2.82. The summed E-state index contributed by atoms with van der Waals surface area (Å²) in [6.07, 6.45) is 1.01. The molecule has 0 atom stereocenters. The van der Waals surface area contributed by atoms with Crippen molar-refractivity contribution in [2.24, 2.45) is 0 Å². The summed E-state index contributed by atoms with van der Waals surface area (Å²) in [6, 6.07) is 15.3. The maximum Gasteiger partial charge on any atom is 0.119 e. The van der Waals surface area contributed by atoms with Gasteiger partial charge in [-0.05, 0) is 48.9 Å². The minimum atomic E-state index is 0.585. The van der Waals surface area contributed by atoms with Gasteiger partial charge in [-0.1, -0.05) is 24.6 Å². The van der Waals surface area contributed by atoms with E-state index in [4.69, 9.17) is 21.1 Å². The summed E-state index contributed by atoms with van der Waals surface area (Å²) in [5.41, 5.74) is 0.995. The lowest BCUT2D eigenvalue weighted by molar-refractivity contribution is 0.313. The molecule has 0 aliphatic heterocycles. The Balaban J connectivity index is 1.71. The first-order valence-electron chi connectivity index (χ1n) is 7.13. The van der Waals surface area contributed by atoms with E-state index in [2.05, 4.69) is 12.2 Å². The van der Waals surface area contributed by atoms with Crippen molar-refractivity contribution < 1.29 is 9.47 Å². The second-order valence-electron chi connectivity index (χ2n) is 4.61. The number of nitrogens with one attached hydrogen (secondary N) is 1. The molecular weight excluding hydrogens is 286 g/mol. The van der Waals surface area contributed by atoms with E-state index in [1.165, 1.54) is 0 Å². The quantitative estimate of drug-likeness (QED) is 0.722. The number of rotatable bonds is 8. The van der Waals surface area contributed by atoms with Gasteiger partial charge in [-0.3, -0.25) is 0 Å². The lowest BCUT2D eigenvalue weighted by Gasteiger charge is -2.10. The Kier molecular flexibility index (Phi) is 6.22. The average molecular weight is 306 g/mol. The van der Waals surface area contributed by atoms with Crippen molar-refractivity contribution in [3.63, 3.8) is 0 Å². The fraction of sp³-hybridized carbons (Fsp3) is 0.294. The SMILES string of the molecule is CCCOc1ccc(OCCNc2cccc(Cl)c2)cc1. The third kappa shape index (κ3) is 5.56. The zero-order valence-corrected chi connectivity index (χ0v) is 12.9. The molecule has 2 rings (SSSR count). The van der Waals surface area contributed by atoms with Crippen molar-refractivity contribution >= 4 is 17.3 Å². The molecule has 2 aromatic carbocycles. The van der Waals surface area contributed by atoms with Gasteiger partial charge in [-0.25, -0.2) is 0 Å². The predicted octanol–water partition coefficient (Wildman–Crippen LogP) is 4.62. The highest BCUT2D eigenvalue weighted by atomic mass is 35.5. The van der Waals surface area contributed by atoms with Crippen molar-refractivity contribution in [1.82, 2.24) is 0 Å². The van der Waals surface area contributed by atoms with E-state index in [-0.39, 0.29) is 0 Å². The molecule has 3 nitrogen and oxygen atoms in total. The van der Waals surface area contributed by atoms with Gasteiger partial charge < -0.3 is 14.8 Å². The molecule has 0 aromatic heterocycles. The first-order valence-corrected chi connectivity index (χ1v) is 7.51. The number of ether oxygens (including phenoxy) is 2. The number of hydrogen-bond acceptors (Lipinski definition) is 3. The fourth-order valence-corrected chi connectivity index (χ4v) is 2.00. The molecule has 0 bridgehead atoms. The Labute approximate surface area is 130 Å². The molecule has 112 valence electrons. The van der Waals surface area contributed by atoms with E-state index in [1.807, 2.05) is 48.5 Å². The van der Waals surface area contributed by atoms with Crippen LogP contribution in [-0.2, 0) is 0 Å². The maximum atomic E-state index is 5.92. The molecule has 0 spiro atoms. The first-order chi connectivity index (χ1) is 10.3. The third-order valence-corrected chi connectivity index (χ3v) is 3.06. The van der Waals surface area contributed by atoms with Gasteiger partial charge in [0.15, 0.2) is 0 Å². The minimum absolute atomic E-state index is 0.585. The molecule has 0 amide bonds. The van der Waals surface area contributed by atoms with Gasteiger partial charge in [-0.2, -0.15) is 0 Å². The second kappa shape index (κ2) is 8.42. The van der Waals surface area contributed by atoms with E-state index in [0.29, 0.717) is 13.2 Å². The van der Waals surface area contributed by atoms with Crippen LogP contribution in [0.1, 0.15) is 13.3 Å². The van der Waals surface area contributed by atoms with Crippen molar-refractivity contribution in [1.29, 1.82) is 0 Å². The second-order valence-corrected chi connectivity index (χ2v) is 5.04. The van der Waals surface area contributed by atoms with Crippen LogP contribution in [0.25, 0.3) is 0 Å². The Hall–Kier alpha value is -1.87. The molecule has 0 aliphatic rings. The molecule has 4 heteroatoms. The van der Waals surface area contributed by atoms with Gasteiger partial charge >= 0.3 is 0 Å².